The quantitative estimate of drug-likeness (QED) is 0.271. The van der Waals surface area contributed by atoms with Gasteiger partial charge in [0.15, 0.2) is 0 Å². The predicted molar refractivity (Wildman–Crippen MR) is 133 cm³/mol. The highest BCUT2D eigenvalue weighted by molar-refractivity contribution is 5.95. The Bertz CT molecular complexity index is 889. The van der Waals surface area contributed by atoms with Gasteiger partial charge in [-0.2, -0.15) is 0 Å². The Labute approximate surface area is 207 Å². The first kappa shape index (κ1) is 29.6. The van der Waals surface area contributed by atoms with Crippen LogP contribution in [0.1, 0.15) is 53.5 Å². The summed E-state index contributed by atoms with van der Waals surface area (Å²) in [6.07, 6.45) is 0.818. The normalized spacial score (nSPS) is 15.2. The maximum atomic E-state index is 13.2. The number of amides is 5. The zero-order valence-corrected chi connectivity index (χ0v) is 21.4. The number of benzene rings is 1. The van der Waals surface area contributed by atoms with Gasteiger partial charge in [0.2, 0.25) is 29.5 Å². The van der Waals surface area contributed by atoms with E-state index in [-0.39, 0.29) is 24.2 Å². The molecule has 0 aliphatic carbocycles. The van der Waals surface area contributed by atoms with Crippen molar-refractivity contribution >= 4 is 29.5 Å². The summed E-state index contributed by atoms with van der Waals surface area (Å²) in [7, 11) is 0. The Morgan fingerprint density at radius 3 is 1.86 bits per heavy atom. The number of carbonyl (C=O) groups is 5. The topological polar surface area (TPSA) is 159 Å². The van der Waals surface area contributed by atoms with Crippen molar-refractivity contribution in [2.45, 2.75) is 78.6 Å². The first-order valence-corrected chi connectivity index (χ1v) is 11.9. The highest BCUT2D eigenvalue weighted by Crippen LogP contribution is 2.11. The molecule has 194 valence electrons. The zero-order chi connectivity index (χ0) is 26.7. The van der Waals surface area contributed by atoms with Crippen molar-refractivity contribution in [1.29, 1.82) is 0 Å². The lowest BCUT2D eigenvalue weighted by Gasteiger charge is -2.29. The second-order valence-corrected chi connectivity index (χ2v) is 9.18. The highest BCUT2D eigenvalue weighted by atomic mass is 16.2. The van der Waals surface area contributed by atoms with Crippen LogP contribution in [0.25, 0.3) is 0 Å². The number of rotatable bonds is 13. The fourth-order valence-corrected chi connectivity index (χ4v) is 3.40. The second-order valence-electron chi connectivity index (χ2n) is 9.18. The molecule has 0 radical (unpaired) electrons. The van der Waals surface area contributed by atoms with Crippen LogP contribution in [0.3, 0.4) is 0 Å². The van der Waals surface area contributed by atoms with E-state index in [9.17, 15) is 24.0 Å². The number of primary amides is 1. The van der Waals surface area contributed by atoms with E-state index in [1.807, 2.05) is 44.2 Å². The molecular weight excluding hydrogens is 450 g/mol. The average Bonchev–Trinajstić information content (AvgIpc) is 2.79. The summed E-state index contributed by atoms with van der Waals surface area (Å²) in [5.41, 5.74) is 6.06. The predicted octanol–water partition coefficient (Wildman–Crippen LogP) is 0.396. The first-order chi connectivity index (χ1) is 16.4. The monoisotopic (exact) mass is 489 g/mol. The third-order valence-electron chi connectivity index (χ3n) is 5.80. The second kappa shape index (κ2) is 14.1. The van der Waals surface area contributed by atoms with Crippen molar-refractivity contribution in [3.05, 3.63) is 35.9 Å². The summed E-state index contributed by atoms with van der Waals surface area (Å²) >= 11 is 0. The van der Waals surface area contributed by atoms with Crippen molar-refractivity contribution in [2.75, 3.05) is 0 Å². The fourth-order valence-electron chi connectivity index (χ4n) is 3.40. The van der Waals surface area contributed by atoms with E-state index in [2.05, 4.69) is 21.3 Å². The van der Waals surface area contributed by atoms with Gasteiger partial charge in [-0.25, -0.2) is 0 Å². The smallest absolute Gasteiger partial charge is 0.243 e. The Balaban J connectivity index is 3.10. The first-order valence-electron chi connectivity index (χ1n) is 11.9. The van der Waals surface area contributed by atoms with Gasteiger partial charge in [0.1, 0.15) is 24.2 Å². The molecule has 0 aromatic heterocycles. The molecule has 0 saturated heterocycles. The fraction of sp³-hybridized carbons (Fsp3) is 0.560. The molecular formula is C25H39N5O5. The lowest BCUT2D eigenvalue weighted by Crippen LogP contribution is -2.60. The summed E-state index contributed by atoms with van der Waals surface area (Å²) in [4.78, 5) is 62.2. The Morgan fingerprint density at radius 1 is 0.800 bits per heavy atom. The number of hydrogen-bond donors (Lipinski definition) is 5. The zero-order valence-electron chi connectivity index (χ0n) is 21.4. The van der Waals surface area contributed by atoms with Crippen molar-refractivity contribution in [2.24, 2.45) is 17.6 Å². The van der Waals surface area contributed by atoms with Crippen LogP contribution in [0.5, 0.6) is 0 Å². The number of hydrogen-bond acceptors (Lipinski definition) is 5. The summed E-state index contributed by atoms with van der Waals surface area (Å²) in [5.74, 6) is -3.11. The van der Waals surface area contributed by atoms with Crippen LogP contribution in [-0.4, -0.2) is 53.7 Å². The van der Waals surface area contributed by atoms with E-state index >= 15 is 0 Å². The van der Waals surface area contributed by atoms with Crippen molar-refractivity contribution in [3.63, 3.8) is 0 Å². The summed E-state index contributed by atoms with van der Waals surface area (Å²) < 4.78 is 0. The molecule has 6 N–H and O–H groups in total. The maximum absolute atomic E-state index is 13.2. The Hall–Kier alpha value is -3.43. The average molecular weight is 490 g/mol. The van der Waals surface area contributed by atoms with Crippen LogP contribution < -0.4 is 27.0 Å². The SMILES string of the molecule is CC[C@H](C)[C@H](NC(C)=O)C(=O)NC(C(=O)NC(Cc1ccccc1)C(=O)NC(C)C(N)=O)C(C)C. The molecule has 1 aromatic rings. The van der Waals surface area contributed by atoms with Gasteiger partial charge < -0.3 is 27.0 Å². The van der Waals surface area contributed by atoms with Gasteiger partial charge in [-0.15, -0.1) is 0 Å². The molecule has 0 fully saturated rings. The third kappa shape index (κ3) is 9.76. The van der Waals surface area contributed by atoms with E-state index in [1.165, 1.54) is 13.8 Å². The molecule has 0 aliphatic rings. The molecule has 0 spiro atoms. The van der Waals surface area contributed by atoms with Gasteiger partial charge in [0.05, 0.1) is 0 Å². The molecule has 10 nitrogen and oxygen atoms in total. The maximum Gasteiger partial charge on any atom is 0.243 e. The van der Waals surface area contributed by atoms with E-state index in [1.54, 1.807) is 13.8 Å². The Kier molecular flexibility index (Phi) is 11.9. The Morgan fingerprint density at radius 2 is 1.37 bits per heavy atom. The molecule has 0 aliphatic heterocycles. The minimum Gasteiger partial charge on any atom is -0.368 e. The molecule has 5 amide bonds. The van der Waals surface area contributed by atoms with Gasteiger partial charge in [-0.1, -0.05) is 64.4 Å². The molecule has 1 rings (SSSR count). The lowest BCUT2D eigenvalue weighted by molar-refractivity contribution is -0.135. The molecule has 3 unspecified atom stereocenters. The number of carbonyl (C=O) groups excluding carboxylic acids is 5. The minimum atomic E-state index is -1.01. The van der Waals surface area contributed by atoms with Gasteiger partial charge >= 0.3 is 0 Å². The number of nitrogens with two attached hydrogens (primary N) is 1. The van der Waals surface area contributed by atoms with Crippen LogP contribution in [0.15, 0.2) is 30.3 Å². The lowest BCUT2D eigenvalue weighted by atomic mass is 9.96. The van der Waals surface area contributed by atoms with Crippen LogP contribution in [0.2, 0.25) is 0 Å². The summed E-state index contributed by atoms with van der Waals surface area (Å²) in [6.45, 7) is 10.1. The van der Waals surface area contributed by atoms with Crippen LogP contribution in [-0.2, 0) is 30.4 Å². The van der Waals surface area contributed by atoms with Crippen molar-refractivity contribution < 1.29 is 24.0 Å². The minimum absolute atomic E-state index is 0.151. The van der Waals surface area contributed by atoms with E-state index in [0.29, 0.717) is 6.42 Å². The van der Waals surface area contributed by atoms with E-state index in [4.69, 9.17) is 5.73 Å². The number of nitrogens with one attached hydrogen (secondary N) is 4. The molecule has 0 saturated carbocycles. The molecule has 0 heterocycles. The third-order valence-corrected chi connectivity index (χ3v) is 5.80. The summed E-state index contributed by atoms with van der Waals surface area (Å²) in [5, 5.41) is 10.6. The molecule has 35 heavy (non-hydrogen) atoms. The van der Waals surface area contributed by atoms with Crippen LogP contribution in [0, 0.1) is 11.8 Å². The van der Waals surface area contributed by atoms with Gasteiger partial charge in [0.25, 0.3) is 0 Å². The molecule has 1 aromatic carbocycles. The molecule has 5 atom stereocenters. The molecule has 10 heteroatoms. The highest BCUT2D eigenvalue weighted by Gasteiger charge is 2.33. The molecule has 0 bridgehead atoms. The van der Waals surface area contributed by atoms with Gasteiger partial charge in [-0.3, -0.25) is 24.0 Å². The standard InChI is InChI=1S/C25H39N5O5/c1-7-15(4)21(28-17(6)31)25(35)30-20(14(2)3)24(34)29-19(13-18-11-9-8-10-12-18)23(33)27-16(5)22(26)32/h8-12,14-16,19-21H,7,13H2,1-6H3,(H2,26,32)(H,27,33)(H,28,31)(H,29,34)(H,30,35)/t15-,16?,19?,20?,21-/m0/s1. The van der Waals surface area contributed by atoms with Crippen LogP contribution in [0.4, 0.5) is 0 Å². The largest absolute Gasteiger partial charge is 0.368 e. The van der Waals surface area contributed by atoms with Crippen LogP contribution >= 0.6 is 0 Å². The van der Waals surface area contributed by atoms with Crippen molar-refractivity contribution in [1.82, 2.24) is 21.3 Å². The van der Waals surface area contributed by atoms with E-state index < -0.39 is 47.8 Å². The van der Waals surface area contributed by atoms with Gasteiger partial charge in [-0.05, 0) is 24.3 Å². The van der Waals surface area contributed by atoms with E-state index in [0.717, 1.165) is 5.56 Å². The van der Waals surface area contributed by atoms with Crippen molar-refractivity contribution in [3.8, 4) is 0 Å². The van der Waals surface area contributed by atoms with Gasteiger partial charge in [0, 0.05) is 13.3 Å². The summed E-state index contributed by atoms with van der Waals surface area (Å²) in [6, 6.07) is 5.40.